The molecule has 2 heterocycles. The number of hydrogen-bond donors (Lipinski definition) is 1. The van der Waals surface area contributed by atoms with Gasteiger partial charge in [0.05, 0.1) is 11.8 Å². The lowest BCUT2D eigenvalue weighted by atomic mass is 10.3. The fourth-order valence-electron chi connectivity index (χ4n) is 1.32. The van der Waals surface area contributed by atoms with Gasteiger partial charge < -0.3 is 0 Å². The minimum Gasteiger partial charge on any atom is -0.267 e. The molecule has 0 atom stereocenters. The molecule has 96 valence electrons. The summed E-state index contributed by atoms with van der Waals surface area (Å²) in [5, 5.41) is 4.02. The Bertz CT molecular complexity index is 650. The number of rotatable bonds is 2. The Morgan fingerprint density at radius 2 is 1.89 bits per heavy atom. The maximum Gasteiger partial charge on any atom is 0.419 e. The summed E-state index contributed by atoms with van der Waals surface area (Å²) in [6, 6.07) is 2.75. The van der Waals surface area contributed by atoms with Gasteiger partial charge in [-0.15, -0.1) is 0 Å². The van der Waals surface area contributed by atoms with Gasteiger partial charge in [0.15, 0.2) is 10.1 Å². The van der Waals surface area contributed by atoms with Crippen LogP contribution in [0.1, 0.15) is 5.56 Å². The van der Waals surface area contributed by atoms with Gasteiger partial charge in [0.25, 0.3) is 0 Å². The molecule has 18 heavy (non-hydrogen) atoms. The number of sulfone groups is 1. The normalized spacial score (nSPS) is 12.6. The topological polar surface area (TPSA) is 75.7 Å². The molecular weight excluding hydrogens is 271 g/mol. The quantitative estimate of drug-likeness (QED) is 0.905. The Kier molecular flexibility index (Phi) is 2.85. The third-order valence-corrected chi connectivity index (χ3v) is 3.74. The molecule has 5 nitrogen and oxygen atoms in total. The molecule has 2 aromatic heterocycles. The molecule has 0 saturated carbocycles. The van der Waals surface area contributed by atoms with E-state index >= 15 is 0 Å². The number of halogens is 3. The highest BCUT2D eigenvalue weighted by molar-refractivity contribution is 7.91. The van der Waals surface area contributed by atoms with Crippen molar-refractivity contribution in [2.45, 2.75) is 16.2 Å². The van der Waals surface area contributed by atoms with E-state index in [1.54, 1.807) is 0 Å². The summed E-state index contributed by atoms with van der Waals surface area (Å²) in [4.78, 5) is 3.32. The van der Waals surface area contributed by atoms with E-state index < -0.39 is 31.6 Å². The highest BCUT2D eigenvalue weighted by Gasteiger charge is 2.38. The number of alkyl halides is 3. The zero-order chi connectivity index (χ0) is 13.4. The van der Waals surface area contributed by atoms with Crippen molar-refractivity contribution in [3.05, 3.63) is 36.2 Å². The van der Waals surface area contributed by atoms with E-state index in [1.807, 2.05) is 0 Å². The number of aromatic amines is 1. The molecule has 0 amide bonds. The van der Waals surface area contributed by atoms with Gasteiger partial charge in [-0.2, -0.15) is 18.3 Å². The van der Waals surface area contributed by atoms with E-state index in [-0.39, 0.29) is 0 Å². The standard InChI is InChI=1S/C9H6F3N3O2S/c10-9(11,12)6-2-1-4-13-8(6)18(16,17)7-3-5-14-15-7/h1-5H,(H,14,15). The second-order valence-corrected chi connectivity index (χ2v) is 5.11. The Labute approximate surface area is 99.6 Å². The Morgan fingerprint density at radius 1 is 1.17 bits per heavy atom. The molecule has 0 fully saturated rings. The highest BCUT2D eigenvalue weighted by atomic mass is 32.2. The molecule has 0 unspecified atom stereocenters. The summed E-state index contributed by atoms with van der Waals surface area (Å²) in [7, 11) is -4.36. The lowest BCUT2D eigenvalue weighted by molar-refractivity contribution is -0.140. The van der Waals surface area contributed by atoms with E-state index in [0.29, 0.717) is 6.07 Å². The molecule has 0 bridgehead atoms. The van der Waals surface area contributed by atoms with E-state index in [0.717, 1.165) is 24.5 Å². The maximum absolute atomic E-state index is 12.7. The van der Waals surface area contributed by atoms with Crippen LogP contribution in [0, 0.1) is 0 Å². The molecule has 0 radical (unpaired) electrons. The maximum atomic E-state index is 12.7. The molecule has 0 aliphatic carbocycles. The minimum atomic E-state index is -4.79. The number of H-pyrrole nitrogens is 1. The predicted octanol–water partition coefficient (Wildman–Crippen LogP) is 1.66. The molecular formula is C9H6F3N3O2S. The van der Waals surface area contributed by atoms with Crippen molar-refractivity contribution in [3.8, 4) is 0 Å². The third-order valence-electron chi connectivity index (χ3n) is 2.10. The average molecular weight is 277 g/mol. The van der Waals surface area contributed by atoms with Crippen LogP contribution < -0.4 is 0 Å². The molecule has 2 rings (SSSR count). The van der Waals surface area contributed by atoms with Crippen LogP contribution >= 0.6 is 0 Å². The number of nitrogens with zero attached hydrogens (tertiary/aromatic N) is 2. The molecule has 0 spiro atoms. The number of hydrogen-bond acceptors (Lipinski definition) is 4. The second-order valence-electron chi connectivity index (χ2n) is 3.28. The third kappa shape index (κ3) is 2.08. The molecule has 0 saturated heterocycles. The summed E-state index contributed by atoms with van der Waals surface area (Å²) in [6.45, 7) is 0. The number of nitrogens with one attached hydrogen (secondary N) is 1. The summed E-state index contributed by atoms with van der Waals surface area (Å²) in [5.41, 5.74) is -1.31. The Morgan fingerprint density at radius 3 is 2.44 bits per heavy atom. The first-order chi connectivity index (χ1) is 8.33. The van der Waals surface area contributed by atoms with Gasteiger partial charge in [0.1, 0.15) is 0 Å². The van der Waals surface area contributed by atoms with Crippen molar-refractivity contribution in [3.63, 3.8) is 0 Å². The fraction of sp³-hybridized carbons (Fsp3) is 0.111. The SMILES string of the molecule is O=S(=O)(c1ccn[nH]1)c1ncccc1C(F)(F)F. The van der Waals surface area contributed by atoms with Gasteiger partial charge in [-0.3, -0.25) is 5.10 Å². The summed E-state index contributed by atoms with van der Waals surface area (Å²) in [5.74, 6) is 0. The van der Waals surface area contributed by atoms with E-state index in [2.05, 4.69) is 15.2 Å². The monoisotopic (exact) mass is 277 g/mol. The van der Waals surface area contributed by atoms with Gasteiger partial charge in [0, 0.05) is 6.20 Å². The first kappa shape index (κ1) is 12.6. The molecule has 2 aromatic rings. The van der Waals surface area contributed by atoms with Gasteiger partial charge in [-0.1, -0.05) is 0 Å². The van der Waals surface area contributed by atoms with Crippen LogP contribution in [-0.2, 0) is 16.0 Å². The van der Waals surface area contributed by atoms with Crippen LogP contribution in [0.25, 0.3) is 0 Å². The lowest BCUT2D eigenvalue weighted by Gasteiger charge is -2.10. The van der Waals surface area contributed by atoms with Crippen molar-refractivity contribution >= 4 is 9.84 Å². The zero-order valence-electron chi connectivity index (χ0n) is 8.64. The van der Waals surface area contributed by atoms with Crippen LogP contribution in [0.3, 0.4) is 0 Å². The van der Waals surface area contributed by atoms with E-state index in [9.17, 15) is 21.6 Å². The predicted molar refractivity (Wildman–Crippen MR) is 53.3 cm³/mol. The van der Waals surface area contributed by atoms with Gasteiger partial charge in [-0.05, 0) is 18.2 Å². The largest absolute Gasteiger partial charge is 0.419 e. The van der Waals surface area contributed by atoms with Crippen LogP contribution in [0.5, 0.6) is 0 Å². The summed E-state index contributed by atoms with van der Waals surface area (Å²) in [6.07, 6.45) is -2.68. The van der Waals surface area contributed by atoms with Crippen LogP contribution in [-0.4, -0.2) is 23.6 Å². The van der Waals surface area contributed by atoms with Crippen LogP contribution in [0.4, 0.5) is 13.2 Å². The molecule has 0 aromatic carbocycles. The molecule has 0 aliphatic rings. The van der Waals surface area contributed by atoms with Gasteiger partial charge >= 0.3 is 6.18 Å². The number of aromatic nitrogens is 3. The van der Waals surface area contributed by atoms with Gasteiger partial charge in [-0.25, -0.2) is 13.4 Å². The lowest BCUT2D eigenvalue weighted by Crippen LogP contribution is -2.15. The van der Waals surface area contributed by atoms with Crippen molar-refractivity contribution in [2.75, 3.05) is 0 Å². The van der Waals surface area contributed by atoms with Crippen molar-refractivity contribution in [1.29, 1.82) is 0 Å². The highest BCUT2D eigenvalue weighted by Crippen LogP contribution is 2.34. The van der Waals surface area contributed by atoms with E-state index in [4.69, 9.17) is 0 Å². The fourth-order valence-corrected chi connectivity index (χ4v) is 2.61. The second kappa shape index (κ2) is 4.09. The van der Waals surface area contributed by atoms with E-state index in [1.165, 1.54) is 0 Å². The summed E-state index contributed by atoms with van der Waals surface area (Å²) < 4.78 is 61.9. The molecule has 9 heteroatoms. The molecule has 1 N–H and O–H groups in total. The summed E-state index contributed by atoms with van der Waals surface area (Å²) >= 11 is 0. The van der Waals surface area contributed by atoms with Crippen LogP contribution in [0.15, 0.2) is 40.6 Å². The number of pyridine rings is 1. The van der Waals surface area contributed by atoms with Crippen LogP contribution in [0.2, 0.25) is 0 Å². The smallest absolute Gasteiger partial charge is 0.267 e. The minimum absolute atomic E-state index is 0.438. The Hall–Kier alpha value is -1.90. The van der Waals surface area contributed by atoms with Gasteiger partial charge in [0.2, 0.25) is 9.84 Å². The first-order valence-electron chi connectivity index (χ1n) is 4.60. The first-order valence-corrected chi connectivity index (χ1v) is 6.08. The zero-order valence-corrected chi connectivity index (χ0v) is 9.46. The average Bonchev–Trinajstić information content (AvgIpc) is 2.82. The Balaban J connectivity index is 2.67. The van der Waals surface area contributed by atoms with Crippen molar-refractivity contribution in [2.24, 2.45) is 0 Å². The molecule has 0 aliphatic heterocycles. The van der Waals surface area contributed by atoms with Crippen molar-refractivity contribution in [1.82, 2.24) is 15.2 Å². The van der Waals surface area contributed by atoms with Crippen molar-refractivity contribution < 1.29 is 21.6 Å².